The summed E-state index contributed by atoms with van der Waals surface area (Å²) in [5.74, 6) is -0.383. The van der Waals surface area contributed by atoms with Crippen LogP contribution in [0.2, 0.25) is 0 Å². The smallest absolute Gasteiger partial charge is 0.270 e. The van der Waals surface area contributed by atoms with Crippen molar-refractivity contribution in [1.82, 2.24) is 15.6 Å². The van der Waals surface area contributed by atoms with Crippen molar-refractivity contribution in [3.05, 3.63) is 53.9 Å². The molecule has 3 atom stereocenters. The maximum absolute atomic E-state index is 12.5. The van der Waals surface area contributed by atoms with E-state index in [1.54, 1.807) is 18.2 Å². The lowest BCUT2D eigenvalue weighted by Gasteiger charge is -2.41. The fourth-order valence-electron chi connectivity index (χ4n) is 2.78. The zero-order valence-electron chi connectivity index (χ0n) is 12.9. The zero-order chi connectivity index (χ0) is 17.0. The van der Waals surface area contributed by atoms with Crippen molar-refractivity contribution in [2.24, 2.45) is 0 Å². The number of pyridine rings is 1. The Labute approximate surface area is 145 Å². The van der Waals surface area contributed by atoms with E-state index in [1.807, 2.05) is 30.4 Å². The van der Waals surface area contributed by atoms with E-state index in [0.717, 1.165) is 6.54 Å². The van der Waals surface area contributed by atoms with Gasteiger partial charge < -0.3 is 15.4 Å². The molecule has 24 heavy (non-hydrogen) atoms. The topological polar surface area (TPSA) is 87.0 Å². The molecule has 2 heterocycles. The van der Waals surface area contributed by atoms with Gasteiger partial charge >= 0.3 is 0 Å². The highest BCUT2D eigenvalue weighted by atomic mass is 35.5. The lowest BCUT2D eigenvalue weighted by molar-refractivity contribution is 0.00643. The molecule has 1 aromatic rings. The van der Waals surface area contributed by atoms with Crippen LogP contribution in [0.5, 0.6) is 0 Å². The number of rotatable bonds is 3. The van der Waals surface area contributed by atoms with Crippen molar-refractivity contribution < 1.29 is 9.53 Å². The first-order valence-electron chi connectivity index (χ1n) is 7.69. The number of hydrogen-bond donors (Lipinski definition) is 2. The number of morpholine rings is 1. The molecule has 1 aliphatic carbocycles. The Balaban J connectivity index is 1.79. The van der Waals surface area contributed by atoms with E-state index in [2.05, 4.69) is 15.6 Å². The van der Waals surface area contributed by atoms with Gasteiger partial charge in [0, 0.05) is 13.1 Å². The number of allylic oxidation sites excluding steroid dienone is 2. The van der Waals surface area contributed by atoms with E-state index in [1.165, 1.54) is 0 Å². The number of carbonyl (C=O) groups is 1. The van der Waals surface area contributed by atoms with Crippen molar-refractivity contribution in [2.45, 2.75) is 17.0 Å². The van der Waals surface area contributed by atoms with Crippen molar-refractivity contribution in [3.63, 3.8) is 0 Å². The number of aromatic nitrogens is 1. The molecule has 0 spiro atoms. The van der Waals surface area contributed by atoms with Crippen molar-refractivity contribution in [3.8, 4) is 6.07 Å². The number of carbonyl (C=O) groups excluding carboxylic acids is 1. The second-order valence-corrected chi connectivity index (χ2v) is 6.26. The highest BCUT2D eigenvalue weighted by molar-refractivity contribution is 6.27. The van der Waals surface area contributed by atoms with E-state index in [0.29, 0.717) is 13.2 Å². The predicted molar refractivity (Wildman–Crippen MR) is 89.7 cm³/mol. The highest BCUT2D eigenvalue weighted by Gasteiger charge is 2.44. The van der Waals surface area contributed by atoms with Crippen LogP contribution in [0.1, 0.15) is 16.2 Å². The van der Waals surface area contributed by atoms with E-state index >= 15 is 0 Å². The van der Waals surface area contributed by atoms with Crippen LogP contribution in [0.3, 0.4) is 0 Å². The van der Waals surface area contributed by atoms with Gasteiger partial charge in [-0.1, -0.05) is 30.4 Å². The molecule has 7 heteroatoms. The molecular weight excluding hydrogens is 328 g/mol. The minimum absolute atomic E-state index is 0.179. The number of hydrogen-bond acceptors (Lipinski definition) is 5. The minimum Gasteiger partial charge on any atom is -0.373 e. The molecule has 0 aromatic carbocycles. The Morgan fingerprint density at radius 1 is 1.50 bits per heavy atom. The normalized spacial score (nSPS) is 29.0. The van der Waals surface area contributed by atoms with Gasteiger partial charge in [-0.3, -0.25) is 4.79 Å². The highest BCUT2D eigenvalue weighted by Crippen LogP contribution is 2.32. The molecular formula is C17H17ClN4O2. The van der Waals surface area contributed by atoms with E-state index in [4.69, 9.17) is 21.6 Å². The summed E-state index contributed by atoms with van der Waals surface area (Å²) in [6.45, 7) is 1.96. The summed E-state index contributed by atoms with van der Waals surface area (Å²) in [6.07, 6.45) is 7.09. The van der Waals surface area contributed by atoms with E-state index < -0.39 is 10.9 Å². The van der Waals surface area contributed by atoms with Crippen LogP contribution in [0.4, 0.5) is 0 Å². The molecule has 1 amide bonds. The Kier molecular flexibility index (Phi) is 4.95. The number of alkyl halides is 1. The van der Waals surface area contributed by atoms with E-state index in [9.17, 15) is 4.79 Å². The molecule has 1 fully saturated rings. The zero-order valence-corrected chi connectivity index (χ0v) is 13.7. The van der Waals surface area contributed by atoms with Crippen LogP contribution in [0.25, 0.3) is 0 Å². The Hall–Kier alpha value is -2.20. The standard InChI is InChI=1S/C17H17ClN4O2/c18-17(15-11-20-8-9-24-15)7-2-1-6-14(17)22-16(23)13-5-3-4-12(10-19)21-13/h1-7,14-15,20H,8-9,11H2,(H,22,23)/t14-,15?,17?/m1/s1. The average molecular weight is 345 g/mol. The monoisotopic (exact) mass is 344 g/mol. The molecule has 2 aliphatic rings. The van der Waals surface area contributed by atoms with Crippen LogP contribution >= 0.6 is 11.6 Å². The molecule has 3 rings (SSSR count). The predicted octanol–water partition coefficient (Wildman–Crippen LogP) is 1.14. The number of nitrogens with one attached hydrogen (secondary N) is 2. The molecule has 0 radical (unpaired) electrons. The second-order valence-electron chi connectivity index (χ2n) is 5.61. The average Bonchev–Trinajstić information content (AvgIpc) is 2.64. The van der Waals surface area contributed by atoms with Crippen LogP contribution in [-0.4, -0.2) is 47.6 Å². The molecule has 124 valence electrons. The summed E-state index contributed by atoms with van der Waals surface area (Å²) in [5, 5.41) is 15.0. The van der Waals surface area contributed by atoms with E-state index in [-0.39, 0.29) is 23.4 Å². The SMILES string of the molecule is N#Cc1cccc(C(=O)N[C@@H]2C=CC=CC2(Cl)C2CNCCO2)n1. The summed E-state index contributed by atoms with van der Waals surface area (Å²) in [7, 11) is 0. The van der Waals surface area contributed by atoms with Gasteiger partial charge in [-0.15, -0.1) is 11.6 Å². The molecule has 1 aromatic heterocycles. The third-order valence-electron chi connectivity index (χ3n) is 4.05. The number of nitriles is 1. The summed E-state index contributed by atoms with van der Waals surface area (Å²) in [4.78, 5) is 15.6. The summed E-state index contributed by atoms with van der Waals surface area (Å²) < 4.78 is 5.78. The Bertz CT molecular complexity index is 722. The molecule has 6 nitrogen and oxygen atoms in total. The maximum Gasteiger partial charge on any atom is 0.270 e. The van der Waals surface area contributed by atoms with Crippen LogP contribution < -0.4 is 10.6 Å². The molecule has 2 N–H and O–H groups in total. The van der Waals surface area contributed by atoms with Crippen LogP contribution in [0.15, 0.2) is 42.5 Å². The summed E-state index contributed by atoms with van der Waals surface area (Å²) >= 11 is 6.82. The van der Waals surface area contributed by atoms with Crippen molar-refractivity contribution >= 4 is 17.5 Å². The second kappa shape index (κ2) is 7.14. The summed E-state index contributed by atoms with van der Waals surface area (Å²) in [5.41, 5.74) is 0.373. The van der Waals surface area contributed by atoms with Gasteiger partial charge in [-0.25, -0.2) is 4.98 Å². The lowest BCUT2D eigenvalue weighted by Crippen LogP contribution is -2.59. The Morgan fingerprint density at radius 3 is 3.12 bits per heavy atom. The first-order valence-corrected chi connectivity index (χ1v) is 8.06. The fourth-order valence-corrected chi connectivity index (χ4v) is 3.12. The van der Waals surface area contributed by atoms with Gasteiger partial charge in [0.1, 0.15) is 22.3 Å². The van der Waals surface area contributed by atoms with Crippen LogP contribution in [-0.2, 0) is 4.74 Å². The number of amides is 1. The molecule has 2 unspecified atom stereocenters. The largest absolute Gasteiger partial charge is 0.373 e. The first-order chi connectivity index (χ1) is 11.6. The first kappa shape index (κ1) is 16.7. The van der Waals surface area contributed by atoms with Gasteiger partial charge in [-0.05, 0) is 12.1 Å². The maximum atomic E-state index is 12.5. The fraction of sp³-hybridized carbons (Fsp3) is 0.353. The lowest BCUT2D eigenvalue weighted by atomic mass is 9.88. The molecule has 1 aliphatic heterocycles. The van der Waals surface area contributed by atoms with Gasteiger partial charge in [-0.2, -0.15) is 5.26 Å². The van der Waals surface area contributed by atoms with Crippen LogP contribution in [0, 0.1) is 11.3 Å². The molecule has 1 saturated heterocycles. The van der Waals surface area contributed by atoms with Gasteiger partial charge in [0.15, 0.2) is 0 Å². The Morgan fingerprint density at radius 2 is 2.38 bits per heavy atom. The van der Waals surface area contributed by atoms with Gasteiger partial charge in [0.2, 0.25) is 0 Å². The number of halogens is 1. The molecule has 0 bridgehead atoms. The van der Waals surface area contributed by atoms with Gasteiger partial charge in [0.05, 0.1) is 18.8 Å². The third-order valence-corrected chi connectivity index (χ3v) is 4.65. The van der Waals surface area contributed by atoms with Crippen molar-refractivity contribution in [1.29, 1.82) is 5.26 Å². The number of nitrogens with zero attached hydrogens (tertiary/aromatic N) is 2. The third kappa shape index (κ3) is 3.34. The minimum atomic E-state index is -0.884. The quantitative estimate of drug-likeness (QED) is 0.803. The molecule has 0 saturated carbocycles. The van der Waals surface area contributed by atoms with Gasteiger partial charge in [0.25, 0.3) is 5.91 Å². The van der Waals surface area contributed by atoms with Crippen molar-refractivity contribution in [2.75, 3.05) is 19.7 Å². The number of ether oxygens (including phenoxy) is 1. The summed E-state index contributed by atoms with van der Waals surface area (Å²) in [6, 6.07) is 6.21.